The van der Waals surface area contributed by atoms with E-state index in [9.17, 15) is 0 Å². The molecular weight excluding hydrogens is 260 g/mol. The first kappa shape index (κ1) is 18.0. The van der Waals surface area contributed by atoms with Crippen molar-refractivity contribution in [3.63, 3.8) is 0 Å². The van der Waals surface area contributed by atoms with Crippen LogP contribution in [0.25, 0.3) is 0 Å². The van der Waals surface area contributed by atoms with Gasteiger partial charge < -0.3 is 15.0 Å². The molecule has 0 bridgehead atoms. The molecule has 21 heavy (non-hydrogen) atoms. The predicted octanol–water partition coefficient (Wildman–Crippen LogP) is 3.63. The average Bonchev–Trinajstić information content (AvgIpc) is 2.45. The zero-order valence-corrected chi connectivity index (χ0v) is 14.7. The molecule has 0 aliphatic rings. The maximum Gasteiger partial charge on any atom is 0.123 e. The summed E-state index contributed by atoms with van der Waals surface area (Å²) in [5.74, 6) is 1.62. The van der Waals surface area contributed by atoms with E-state index in [4.69, 9.17) is 4.74 Å². The van der Waals surface area contributed by atoms with Crippen LogP contribution >= 0.6 is 0 Å². The highest BCUT2D eigenvalue weighted by Gasteiger charge is 2.21. The number of nitrogens with one attached hydrogen (secondary N) is 1. The van der Waals surface area contributed by atoms with Gasteiger partial charge in [-0.05, 0) is 39.4 Å². The topological polar surface area (TPSA) is 24.5 Å². The molecule has 0 amide bonds. The number of rotatable bonds is 8. The largest absolute Gasteiger partial charge is 0.496 e. The molecule has 2 unspecified atom stereocenters. The minimum absolute atomic E-state index is 0.288. The Morgan fingerprint density at radius 1 is 1.24 bits per heavy atom. The Labute approximate surface area is 130 Å². The standard InChI is InChI=1S/C18H32N2O/c1-8-19-17(12-20(6)15(5)13(2)3)16-11-14(4)9-10-18(16)21-7/h9-11,13,15,17,19H,8,12H2,1-7H3. The van der Waals surface area contributed by atoms with Crippen LogP contribution in [-0.4, -0.2) is 38.2 Å². The molecule has 0 heterocycles. The molecule has 3 heteroatoms. The number of nitrogens with zero attached hydrogens (tertiary/aromatic N) is 1. The van der Waals surface area contributed by atoms with E-state index < -0.39 is 0 Å². The van der Waals surface area contributed by atoms with Gasteiger partial charge in [0, 0.05) is 24.2 Å². The van der Waals surface area contributed by atoms with Gasteiger partial charge >= 0.3 is 0 Å². The summed E-state index contributed by atoms with van der Waals surface area (Å²) < 4.78 is 5.56. The summed E-state index contributed by atoms with van der Waals surface area (Å²) in [6.45, 7) is 13.1. The van der Waals surface area contributed by atoms with E-state index >= 15 is 0 Å². The number of aryl methyl sites for hydroxylation is 1. The Bertz CT molecular complexity index is 431. The lowest BCUT2D eigenvalue weighted by Crippen LogP contribution is -2.40. The fourth-order valence-corrected chi connectivity index (χ4v) is 2.61. The van der Waals surface area contributed by atoms with Gasteiger partial charge in [-0.1, -0.05) is 38.5 Å². The fourth-order valence-electron chi connectivity index (χ4n) is 2.61. The van der Waals surface area contributed by atoms with Crippen LogP contribution < -0.4 is 10.1 Å². The first-order chi connectivity index (χ1) is 9.90. The molecular formula is C18H32N2O. The molecule has 0 fully saturated rings. The molecule has 0 spiro atoms. The van der Waals surface area contributed by atoms with Gasteiger partial charge in [0.1, 0.15) is 5.75 Å². The second-order valence-electron chi connectivity index (χ2n) is 6.28. The van der Waals surface area contributed by atoms with Crippen molar-refractivity contribution in [2.75, 3.05) is 27.2 Å². The lowest BCUT2D eigenvalue weighted by Gasteiger charge is -2.32. The lowest BCUT2D eigenvalue weighted by molar-refractivity contribution is 0.187. The summed E-state index contributed by atoms with van der Waals surface area (Å²) in [5.41, 5.74) is 2.52. The third-order valence-electron chi connectivity index (χ3n) is 4.34. The van der Waals surface area contributed by atoms with Crippen LogP contribution in [0.4, 0.5) is 0 Å². The van der Waals surface area contributed by atoms with E-state index in [0.29, 0.717) is 12.0 Å². The van der Waals surface area contributed by atoms with Crippen LogP contribution in [0.5, 0.6) is 5.75 Å². The van der Waals surface area contributed by atoms with E-state index in [2.05, 4.69) is 70.1 Å². The summed E-state index contributed by atoms with van der Waals surface area (Å²) in [4.78, 5) is 2.43. The van der Waals surface area contributed by atoms with E-state index in [-0.39, 0.29) is 6.04 Å². The highest BCUT2D eigenvalue weighted by molar-refractivity contribution is 5.39. The van der Waals surface area contributed by atoms with Crippen LogP contribution in [0.15, 0.2) is 18.2 Å². The SMILES string of the molecule is CCNC(CN(C)C(C)C(C)C)c1cc(C)ccc1OC. The second kappa shape index (κ2) is 8.40. The molecule has 0 saturated heterocycles. The minimum Gasteiger partial charge on any atom is -0.496 e. The highest BCUT2D eigenvalue weighted by atomic mass is 16.5. The number of methoxy groups -OCH3 is 1. The third kappa shape index (κ3) is 5.01. The van der Waals surface area contributed by atoms with Gasteiger partial charge in [-0.25, -0.2) is 0 Å². The number of likely N-dealkylation sites (N-methyl/N-ethyl adjacent to an activating group) is 2. The molecule has 2 atom stereocenters. The molecule has 0 saturated carbocycles. The number of ether oxygens (including phenoxy) is 1. The van der Waals surface area contributed by atoms with E-state index in [0.717, 1.165) is 18.8 Å². The molecule has 120 valence electrons. The average molecular weight is 292 g/mol. The summed E-state index contributed by atoms with van der Waals surface area (Å²) in [7, 11) is 3.95. The molecule has 1 aromatic rings. The second-order valence-corrected chi connectivity index (χ2v) is 6.28. The Morgan fingerprint density at radius 2 is 1.90 bits per heavy atom. The monoisotopic (exact) mass is 292 g/mol. The zero-order valence-electron chi connectivity index (χ0n) is 14.7. The molecule has 0 aliphatic carbocycles. The maximum absolute atomic E-state index is 5.56. The normalized spacial score (nSPS) is 14.5. The summed E-state index contributed by atoms with van der Waals surface area (Å²) in [5, 5.41) is 3.60. The molecule has 3 nitrogen and oxygen atoms in total. The molecule has 1 N–H and O–H groups in total. The van der Waals surface area contributed by atoms with Crippen molar-refractivity contribution < 1.29 is 4.74 Å². The number of hydrogen-bond acceptors (Lipinski definition) is 3. The van der Waals surface area contributed by atoms with Crippen LogP contribution in [0, 0.1) is 12.8 Å². The van der Waals surface area contributed by atoms with Gasteiger partial charge in [0.15, 0.2) is 0 Å². The van der Waals surface area contributed by atoms with E-state index in [1.54, 1.807) is 7.11 Å². The zero-order chi connectivity index (χ0) is 16.0. The Balaban J connectivity index is 2.98. The quantitative estimate of drug-likeness (QED) is 0.792. The van der Waals surface area contributed by atoms with Crippen molar-refractivity contribution >= 4 is 0 Å². The van der Waals surface area contributed by atoms with Crippen LogP contribution in [-0.2, 0) is 0 Å². The lowest BCUT2D eigenvalue weighted by atomic mass is 10.00. The third-order valence-corrected chi connectivity index (χ3v) is 4.34. The fraction of sp³-hybridized carbons (Fsp3) is 0.667. The molecule has 0 aromatic heterocycles. The Morgan fingerprint density at radius 3 is 2.43 bits per heavy atom. The number of hydrogen-bond donors (Lipinski definition) is 1. The Hall–Kier alpha value is -1.06. The first-order valence-corrected chi connectivity index (χ1v) is 7.98. The van der Waals surface area contributed by atoms with Crippen molar-refractivity contribution in [1.82, 2.24) is 10.2 Å². The predicted molar refractivity (Wildman–Crippen MR) is 91.1 cm³/mol. The van der Waals surface area contributed by atoms with Gasteiger partial charge in [-0.2, -0.15) is 0 Å². The minimum atomic E-state index is 0.288. The van der Waals surface area contributed by atoms with Crippen molar-refractivity contribution in [2.45, 2.75) is 46.7 Å². The smallest absolute Gasteiger partial charge is 0.123 e. The van der Waals surface area contributed by atoms with E-state index in [1.807, 2.05) is 0 Å². The van der Waals surface area contributed by atoms with Crippen LogP contribution in [0.1, 0.15) is 44.9 Å². The van der Waals surface area contributed by atoms with Crippen molar-refractivity contribution in [3.05, 3.63) is 29.3 Å². The molecule has 1 aromatic carbocycles. The maximum atomic E-state index is 5.56. The first-order valence-electron chi connectivity index (χ1n) is 7.98. The van der Waals surface area contributed by atoms with E-state index in [1.165, 1.54) is 11.1 Å². The molecule has 0 radical (unpaired) electrons. The summed E-state index contributed by atoms with van der Waals surface area (Å²) in [6, 6.07) is 7.25. The summed E-state index contributed by atoms with van der Waals surface area (Å²) in [6.07, 6.45) is 0. The number of benzene rings is 1. The van der Waals surface area contributed by atoms with Crippen molar-refractivity contribution in [3.8, 4) is 5.75 Å². The summed E-state index contributed by atoms with van der Waals surface area (Å²) >= 11 is 0. The Kier molecular flexibility index (Phi) is 7.20. The molecule has 0 aliphatic heterocycles. The van der Waals surface area contributed by atoms with Gasteiger partial charge in [-0.15, -0.1) is 0 Å². The van der Waals surface area contributed by atoms with Gasteiger partial charge in [0.05, 0.1) is 7.11 Å². The van der Waals surface area contributed by atoms with Crippen molar-refractivity contribution in [2.24, 2.45) is 5.92 Å². The molecule has 1 rings (SSSR count). The highest BCUT2D eigenvalue weighted by Crippen LogP contribution is 2.27. The van der Waals surface area contributed by atoms with Gasteiger partial charge in [0.2, 0.25) is 0 Å². The van der Waals surface area contributed by atoms with Crippen molar-refractivity contribution in [1.29, 1.82) is 0 Å². The van der Waals surface area contributed by atoms with Crippen LogP contribution in [0.2, 0.25) is 0 Å². The van der Waals surface area contributed by atoms with Gasteiger partial charge in [0.25, 0.3) is 0 Å². The van der Waals surface area contributed by atoms with Gasteiger partial charge in [-0.3, -0.25) is 0 Å². The van der Waals surface area contributed by atoms with Crippen LogP contribution in [0.3, 0.4) is 0 Å².